The molecule has 0 bridgehead atoms. The molecule has 5 nitrogen and oxygen atoms in total. The van der Waals surface area contributed by atoms with Crippen LogP contribution >= 0.6 is 11.6 Å². The van der Waals surface area contributed by atoms with Crippen LogP contribution in [0.15, 0.2) is 18.2 Å². The second-order valence-corrected chi connectivity index (χ2v) is 9.67. The minimum atomic E-state index is -4.38. The van der Waals surface area contributed by atoms with Crippen LogP contribution in [0.4, 0.5) is 18.9 Å². The molecule has 2 aliphatic rings. The van der Waals surface area contributed by atoms with Crippen LogP contribution in [0.1, 0.15) is 50.5 Å². The van der Waals surface area contributed by atoms with Gasteiger partial charge >= 0.3 is 6.18 Å². The van der Waals surface area contributed by atoms with E-state index in [1.807, 2.05) is 4.90 Å². The Kier molecular flexibility index (Phi) is 8.88. The molecule has 1 aliphatic carbocycles. The molecule has 1 aromatic rings. The molecule has 2 fully saturated rings. The summed E-state index contributed by atoms with van der Waals surface area (Å²) in [6.45, 7) is 3.84. The van der Waals surface area contributed by atoms with Crippen molar-refractivity contribution >= 4 is 23.2 Å². The molecular formula is C24H32ClF3N4O. The number of primary amides is 1. The summed E-state index contributed by atoms with van der Waals surface area (Å²) in [5.74, 6) is 0.420. The van der Waals surface area contributed by atoms with Gasteiger partial charge in [-0.15, -0.1) is 0 Å². The van der Waals surface area contributed by atoms with Crippen LogP contribution in [-0.2, 0) is 11.0 Å². The summed E-state index contributed by atoms with van der Waals surface area (Å²) in [5.41, 5.74) is 5.34. The molecule has 0 aromatic heterocycles. The van der Waals surface area contributed by atoms with Gasteiger partial charge in [-0.1, -0.05) is 24.4 Å². The van der Waals surface area contributed by atoms with Gasteiger partial charge in [-0.2, -0.15) is 18.4 Å². The topological polar surface area (TPSA) is 73.4 Å². The summed E-state index contributed by atoms with van der Waals surface area (Å²) in [5, 5.41) is 9.15. The van der Waals surface area contributed by atoms with Gasteiger partial charge in [-0.05, 0) is 62.3 Å². The smallest absolute Gasteiger partial charge is 0.369 e. The fourth-order valence-corrected chi connectivity index (χ4v) is 5.46. The van der Waals surface area contributed by atoms with Gasteiger partial charge in [0.1, 0.15) is 0 Å². The number of carbonyl (C=O) groups excluding carboxylic acids is 1. The molecule has 1 saturated carbocycles. The highest BCUT2D eigenvalue weighted by molar-refractivity contribution is 6.33. The maximum atomic E-state index is 13.1. The molecule has 1 aromatic carbocycles. The molecule has 1 amide bonds. The lowest BCUT2D eigenvalue weighted by molar-refractivity contribution is -0.137. The summed E-state index contributed by atoms with van der Waals surface area (Å²) < 4.78 is 39.2. The summed E-state index contributed by atoms with van der Waals surface area (Å²) in [7, 11) is 0. The quantitative estimate of drug-likeness (QED) is 0.558. The fourth-order valence-electron chi connectivity index (χ4n) is 5.22. The third-order valence-electron chi connectivity index (χ3n) is 7.23. The van der Waals surface area contributed by atoms with Gasteiger partial charge in [0.25, 0.3) is 0 Å². The Bertz CT molecular complexity index is 841. The van der Waals surface area contributed by atoms with E-state index in [0.717, 1.165) is 63.9 Å². The molecule has 33 heavy (non-hydrogen) atoms. The number of carbonyl (C=O) groups is 1. The predicted octanol–water partition coefficient (Wildman–Crippen LogP) is 5.08. The highest BCUT2D eigenvalue weighted by atomic mass is 35.5. The number of hydrogen-bond acceptors (Lipinski definition) is 4. The minimum Gasteiger partial charge on any atom is -0.369 e. The monoisotopic (exact) mass is 484 g/mol. The van der Waals surface area contributed by atoms with Crippen molar-refractivity contribution in [3.63, 3.8) is 0 Å². The Labute approximate surface area is 198 Å². The second kappa shape index (κ2) is 11.4. The number of anilines is 1. The van der Waals surface area contributed by atoms with E-state index in [2.05, 4.69) is 11.0 Å². The lowest BCUT2D eigenvalue weighted by atomic mass is 9.73. The van der Waals surface area contributed by atoms with E-state index >= 15 is 0 Å². The number of nitriles is 1. The Balaban J connectivity index is 1.43. The third-order valence-corrected chi connectivity index (χ3v) is 7.55. The zero-order chi connectivity index (χ0) is 24.0. The summed E-state index contributed by atoms with van der Waals surface area (Å²) >= 11 is 6.19. The van der Waals surface area contributed by atoms with Gasteiger partial charge in [0, 0.05) is 38.5 Å². The summed E-state index contributed by atoms with van der Waals surface area (Å²) in [6.07, 6.45) is 1.72. The first kappa shape index (κ1) is 25.6. The number of benzene rings is 1. The summed E-state index contributed by atoms with van der Waals surface area (Å²) in [6, 6.07) is 5.60. The fraction of sp³-hybridized carbons (Fsp3) is 0.667. The molecular weight excluding hydrogens is 453 g/mol. The average molecular weight is 485 g/mol. The third kappa shape index (κ3) is 7.00. The normalized spacial score (nSPS) is 23.2. The van der Waals surface area contributed by atoms with Crippen molar-refractivity contribution in [1.29, 1.82) is 5.26 Å². The molecule has 182 valence electrons. The maximum absolute atomic E-state index is 13.1. The molecule has 1 aliphatic heterocycles. The minimum absolute atomic E-state index is 0.193. The standard InChI is InChI=1S/C24H32ClF3N4O/c25-21-8-7-19(24(26,27)28)16-22(21)32-14-12-31(13-15-32)11-9-17-3-5-18(6-4-17)20(23(30)33)2-1-10-29/h7-8,16-18,20H,1-6,9,11-15H2,(H2,30,33). The van der Waals surface area contributed by atoms with Crippen LogP contribution in [0.25, 0.3) is 0 Å². The zero-order valence-corrected chi connectivity index (χ0v) is 19.5. The van der Waals surface area contributed by atoms with Crippen molar-refractivity contribution in [3.05, 3.63) is 28.8 Å². The van der Waals surface area contributed by atoms with Crippen LogP contribution in [-0.4, -0.2) is 43.5 Å². The average Bonchev–Trinajstić information content (AvgIpc) is 2.78. The van der Waals surface area contributed by atoms with Gasteiger partial charge in [0.15, 0.2) is 0 Å². The number of nitrogens with zero attached hydrogens (tertiary/aromatic N) is 3. The van der Waals surface area contributed by atoms with E-state index in [-0.39, 0.29) is 17.7 Å². The largest absolute Gasteiger partial charge is 0.416 e. The van der Waals surface area contributed by atoms with Crippen molar-refractivity contribution in [2.75, 3.05) is 37.6 Å². The molecule has 0 spiro atoms. The molecule has 1 saturated heterocycles. The van der Waals surface area contributed by atoms with Crippen LogP contribution in [0.5, 0.6) is 0 Å². The van der Waals surface area contributed by atoms with Gasteiger partial charge in [-0.25, -0.2) is 0 Å². The number of amides is 1. The first-order valence-corrected chi connectivity index (χ1v) is 12.1. The molecule has 2 N–H and O–H groups in total. The van der Waals surface area contributed by atoms with Crippen molar-refractivity contribution in [2.45, 2.75) is 51.1 Å². The number of rotatable bonds is 8. The van der Waals surface area contributed by atoms with E-state index < -0.39 is 11.7 Å². The number of halogens is 4. The highest BCUT2D eigenvalue weighted by Crippen LogP contribution is 2.37. The number of alkyl halides is 3. The highest BCUT2D eigenvalue weighted by Gasteiger charge is 2.33. The van der Waals surface area contributed by atoms with E-state index in [9.17, 15) is 18.0 Å². The summed E-state index contributed by atoms with van der Waals surface area (Å²) in [4.78, 5) is 16.1. The van der Waals surface area contributed by atoms with Crippen molar-refractivity contribution < 1.29 is 18.0 Å². The van der Waals surface area contributed by atoms with E-state index in [4.69, 9.17) is 22.6 Å². The molecule has 1 unspecified atom stereocenters. The van der Waals surface area contributed by atoms with Crippen molar-refractivity contribution in [2.24, 2.45) is 23.5 Å². The second-order valence-electron chi connectivity index (χ2n) is 9.27. The number of nitrogens with two attached hydrogens (primary N) is 1. The zero-order valence-electron chi connectivity index (χ0n) is 18.8. The first-order valence-electron chi connectivity index (χ1n) is 11.7. The SMILES string of the molecule is N#CCCC(C(N)=O)C1CCC(CCN2CCN(c3cc(C(F)(F)F)ccc3Cl)CC2)CC1. The Morgan fingerprint density at radius 1 is 1.18 bits per heavy atom. The first-order chi connectivity index (χ1) is 15.7. The van der Waals surface area contributed by atoms with E-state index in [1.165, 1.54) is 6.07 Å². The van der Waals surface area contributed by atoms with E-state index in [1.54, 1.807) is 0 Å². The predicted molar refractivity (Wildman–Crippen MR) is 123 cm³/mol. The van der Waals surface area contributed by atoms with Crippen molar-refractivity contribution in [3.8, 4) is 6.07 Å². The van der Waals surface area contributed by atoms with Crippen LogP contribution in [0, 0.1) is 29.1 Å². The maximum Gasteiger partial charge on any atom is 0.416 e. The molecule has 1 heterocycles. The molecule has 3 rings (SSSR count). The van der Waals surface area contributed by atoms with Crippen LogP contribution in [0.2, 0.25) is 5.02 Å². The van der Waals surface area contributed by atoms with E-state index in [0.29, 0.717) is 42.6 Å². The van der Waals surface area contributed by atoms with Gasteiger partial charge in [0.2, 0.25) is 5.91 Å². The Morgan fingerprint density at radius 3 is 2.42 bits per heavy atom. The lowest BCUT2D eigenvalue weighted by Crippen LogP contribution is -2.47. The van der Waals surface area contributed by atoms with Crippen molar-refractivity contribution in [1.82, 2.24) is 4.90 Å². The molecule has 0 radical (unpaired) electrons. The Hall–Kier alpha value is -1.98. The molecule has 1 atom stereocenters. The van der Waals surface area contributed by atoms with Crippen LogP contribution in [0.3, 0.4) is 0 Å². The van der Waals surface area contributed by atoms with Gasteiger partial charge < -0.3 is 10.6 Å². The lowest BCUT2D eigenvalue weighted by Gasteiger charge is -2.38. The molecule has 9 heteroatoms. The van der Waals surface area contributed by atoms with Gasteiger partial charge in [0.05, 0.1) is 22.3 Å². The van der Waals surface area contributed by atoms with Crippen LogP contribution < -0.4 is 10.6 Å². The Morgan fingerprint density at radius 2 is 1.85 bits per heavy atom. The number of hydrogen-bond donors (Lipinski definition) is 1. The van der Waals surface area contributed by atoms with Gasteiger partial charge in [-0.3, -0.25) is 9.69 Å². The number of piperazine rings is 1.